The lowest BCUT2D eigenvalue weighted by atomic mass is 10.3. The normalized spacial score (nSPS) is 11.9. The Hall–Kier alpha value is -2.64. The molecule has 2 rings (SSSR count). The predicted molar refractivity (Wildman–Crippen MR) is 66.6 cm³/mol. The maximum atomic E-state index is 11.9. The second kappa shape index (κ2) is 6.00. The van der Waals surface area contributed by atoms with Gasteiger partial charge in [-0.15, -0.1) is 5.10 Å². The SMILES string of the molecule is COC(=O)c1ncn(C(C)C(=O)NCc2ccco2)n1. The lowest BCUT2D eigenvalue weighted by Crippen LogP contribution is -2.30. The molecule has 0 saturated heterocycles. The minimum Gasteiger partial charge on any atom is -0.467 e. The molecule has 1 N–H and O–H groups in total. The summed E-state index contributed by atoms with van der Waals surface area (Å²) in [5.41, 5.74) is 0. The van der Waals surface area contributed by atoms with Crippen molar-refractivity contribution in [2.45, 2.75) is 19.5 Å². The van der Waals surface area contributed by atoms with Gasteiger partial charge in [0.15, 0.2) is 0 Å². The molecule has 2 aromatic rings. The lowest BCUT2D eigenvalue weighted by Gasteiger charge is -2.11. The van der Waals surface area contributed by atoms with Crippen LogP contribution in [-0.4, -0.2) is 33.8 Å². The summed E-state index contributed by atoms with van der Waals surface area (Å²) in [6.45, 7) is 1.93. The fourth-order valence-electron chi connectivity index (χ4n) is 1.50. The third-order valence-corrected chi connectivity index (χ3v) is 2.67. The molecule has 0 aliphatic rings. The van der Waals surface area contributed by atoms with Crippen molar-refractivity contribution in [3.05, 3.63) is 36.3 Å². The molecule has 20 heavy (non-hydrogen) atoms. The van der Waals surface area contributed by atoms with E-state index in [1.54, 1.807) is 19.1 Å². The summed E-state index contributed by atoms with van der Waals surface area (Å²) in [4.78, 5) is 26.9. The van der Waals surface area contributed by atoms with E-state index in [1.165, 1.54) is 24.4 Å². The van der Waals surface area contributed by atoms with E-state index in [-0.39, 0.29) is 18.3 Å². The average Bonchev–Trinajstić information content (AvgIpc) is 3.13. The van der Waals surface area contributed by atoms with Crippen molar-refractivity contribution in [3.8, 4) is 0 Å². The Balaban J connectivity index is 1.96. The van der Waals surface area contributed by atoms with E-state index in [1.807, 2.05) is 0 Å². The van der Waals surface area contributed by atoms with Crippen LogP contribution in [0.1, 0.15) is 29.3 Å². The number of esters is 1. The molecule has 0 aromatic carbocycles. The lowest BCUT2D eigenvalue weighted by molar-refractivity contribution is -0.124. The minimum absolute atomic E-state index is 0.0850. The highest BCUT2D eigenvalue weighted by atomic mass is 16.5. The molecule has 0 spiro atoms. The first-order valence-corrected chi connectivity index (χ1v) is 5.91. The highest BCUT2D eigenvalue weighted by molar-refractivity contribution is 5.85. The molecular weight excluding hydrogens is 264 g/mol. The maximum absolute atomic E-state index is 11.9. The van der Waals surface area contributed by atoms with Gasteiger partial charge in [-0.3, -0.25) is 4.79 Å². The van der Waals surface area contributed by atoms with E-state index >= 15 is 0 Å². The van der Waals surface area contributed by atoms with E-state index in [2.05, 4.69) is 20.1 Å². The molecule has 2 heterocycles. The van der Waals surface area contributed by atoms with E-state index in [4.69, 9.17) is 4.42 Å². The summed E-state index contributed by atoms with van der Waals surface area (Å²) < 4.78 is 10.9. The number of nitrogens with zero attached hydrogens (tertiary/aromatic N) is 3. The van der Waals surface area contributed by atoms with Crippen molar-refractivity contribution in [3.63, 3.8) is 0 Å². The third kappa shape index (κ3) is 3.02. The Bertz CT molecular complexity index is 590. The monoisotopic (exact) mass is 278 g/mol. The zero-order valence-corrected chi connectivity index (χ0v) is 11.1. The molecule has 1 amide bonds. The van der Waals surface area contributed by atoms with Crippen molar-refractivity contribution in [2.24, 2.45) is 0 Å². The number of ether oxygens (including phenoxy) is 1. The first-order chi connectivity index (χ1) is 9.61. The zero-order valence-electron chi connectivity index (χ0n) is 11.1. The molecule has 8 heteroatoms. The van der Waals surface area contributed by atoms with Gasteiger partial charge in [-0.2, -0.15) is 0 Å². The van der Waals surface area contributed by atoms with Crippen LogP contribution in [0.5, 0.6) is 0 Å². The molecule has 0 aliphatic carbocycles. The molecule has 0 radical (unpaired) electrons. The van der Waals surface area contributed by atoms with Gasteiger partial charge in [0.1, 0.15) is 18.1 Å². The van der Waals surface area contributed by atoms with Crippen LogP contribution < -0.4 is 5.32 Å². The maximum Gasteiger partial charge on any atom is 0.377 e. The molecule has 8 nitrogen and oxygen atoms in total. The predicted octanol–water partition coefficient (Wildman–Crippen LogP) is 0.535. The molecule has 0 saturated carbocycles. The number of furan rings is 1. The van der Waals surface area contributed by atoms with Gasteiger partial charge in [0.05, 0.1) is 19.9 Å². The molecule has 1 unspecified atom stereocenters. The number of aromatic nitrogens is 3. The van der Waals surface area contributed by atoms with E-state index in [0.29, 0.717) is 5.76 Å². The standard InChI is InChI=1S/C12H14N4O4/c1-8(11(17)13-6-9-4-3-5-20-9)16-7-14-10(15-16)12(18)19-2/h3-5,7-8H,6H2,1-2H3,(H,13,17). The van der Waals surface area contributed by atoms with Gasteiger partial charge < -0.3 is 14.5 Å². The summed E-state index contributed by atoms with van der Waals surface area (Å²) in [5, 5.41) is 6.59. The van der Waals surface area contributed by atoms with Crippen molar-refractivity contribution < 1.29 is 18.7 Å². The second-order valence-electron chi connectivity index (χ2n) is 4.01. The van der Waals surface area contributed by atoms with Gasteiger partial charge in [-0.05, 0) is 19.1 Å². The second-order valence-corrected chi connectivity index (χ2v) is 4.01. The highest BCUT2D eigenvalue weighted by Crippen LogP contribution is 2.06. The zero-order chi connectivity index (χ0) is 14.5. The Morgan fingerprint density at radius 2 is 2.35 bits per heavy atom. The summed E-state index contributed by atoms with van der Waals surface area (Å²) in [6.07, 6.45) is 2.84. The molecule has 0 bridgehead atoms. The van der Waals surface area contributed by atoms with Crippen molar-refractivity contribution in [1.29, 1.82) is 0 Å². The van der Waals surface area contributed by atoms with Crippen LogP contribution in [0.3, 0.4) is 0 Å². The highest BCUT2D eigenvalue weighted by Gasteiger charge is 2.19. The smallest absolute Gasteiger partial charge is 0.377 e. The van der Waals surface area contributed by atoms with Crippen LogP contribution in [0.2, 0.25) is 0 Å². The van der Waals surface area contributed by atoms with Gasteiger partial charge in [-0.25, -0.2) is 14.5 Å². The number of carbonyl (C=O) groups is 2. The summed E-state index contributed by atoms with van der Waals surface area (Å²) in [6, 6.07) is 2.90. The largest absolute Gasteiger partial charge is 0.467 e. The number of hydrogen-bond acceptors (Lipinski definition) is 6. The summed E-state index contributed by atoms with van der Waals surface area (Å²) in [5.74, 6) is -0.341. The Labute approximate surface area is 114 Å². The molecule has 0 fully saturated rings. The van der Waals surface area contributed by atoms with Gasteiger partial charge in [0.25, 0.3) is 5.82 Å². The van der Waals surface area contributed by atoms with Crippen LogP contribution >= 0.6 is 0 Å². The average molecular weight is 278 g/mol. The Morgan fingerprint density at radius 3 is 3.00 bits per heavy atom. The molecule has 1 atom stereocenters. The van der Waals surface area contributed by atoms with E-state index in [0.717, 1.165) is 0 Å². The van der Waals surface area contributed by atoms with E-state index in [9.17, 15) is 9.59 Å². The first kappa shape index (κ1) is 13.8. The number of carbonyl (C=O) groups excluding carboxylic acids is 2. The van der Waals surface area contributed by atoms with Crippen LogP contribution in [0.4, 0.5) is 0 Å². The number of amides is 1. The summed E-state index contributed by atoms with van der Waals surface area (Å²) in [7, 11) is 1.24. The molecule has 0 aliphatic heterocycles. The van der Waals surface area contributed by atoms with Gasteiger partial charge in [-0.1, -0.05) is 0 Å². The van der Waals surface area contributed by atoms with E-state index < -0.39 is 12.0 Å². The van der Waals surface area contributed by atoms with Crippen molar-refractivity contribution >= 4 is 11.9 Å². The van der Waals surface area contributed by atoms with Crippen LogP contribution in [0.25, 0.3) is 0 Å². The Kier molecular flexibility index (Phi) is 4.14. The number of nitrogens with one attached hydrogen (secondary N) is 1. The molecular formula is C12H14N4O4. The summed E-state index contributed by atoms with van der Waals surface area (Å²) >= 11 is 0. The Morgan fingerprint density at radius 1 is 1.55 bits per heavy atom. The fourth-order valence-corrected chi connectivity index (χ4v) is 1.50. The van der Waals surface area contributed by atoms with Gasteiger partial charge in [0, 0.05) is 0 Å². The third-order valence-electron chi connectivity index (χ3n) is 2.67. The minimum atomic E-state index is -0.646. The number of rotatable bonds is 5. The molecule has 2 aromatic heterocycles. The quantitative estimate of drug-likeness (QED) is 0.801. The fraction of sp³-hybridized carbons (Fsp3) is 0.333. The van der Waals surface area contributed by atoms with Gasteiger partial charge in [0.2, 0.25) is 5.91 Å². The van der Waals surface area contributed by atoms with Crippen LogP contribution in [0, 0.1) is 0 Å². The van der Waals surface area contributed by atoms with Crippen LogP contribution in [-0.2, 0) is 16.1 Å². The first-order valence-electron chi connectivity index (χ1n) is 5.91. The van der Waals surface area contributed by atoms with Crippen molar-refractivity contribution in [2.75, 3.05) is 7.11 Å². The van der Waals surface area contributed by atoms with Crippen LogP contribution in [0.15, 0.2) is 29.1 Å². The molecule has 106 valence electrons. The number of methoxy groups -OCH3 is 1. The van der Waals surface area contributed by atoms with Crippen molar-refractivity contribution in [1.82, 2.24) is 20.1 Å². The topological polar surface area (TPSA) is 99.2 Å². The van der Waals surface area contributed by atoms with Gasteiger partial charge >= 0.3 is 5.97 Å². The number of hydrogen-bond donors (Lipinski definition) is 1.